The Kier molecular flexibility index (Phi) is 6.84. The molecule has 0 aliphatic carbocycles. The molecule has 7 nitrogen and oxygen atoms in total. The first-order chi connectivity index (χ1) is 13.6. The van der Waals surface area contributed by atoms with Crippen molar-refractivity contribution < 1.29 is 19.1 Å². The highest BCUT2D eigenvalue weighted by Crippen LogP contribution is 2.23. The van der Waals surface area contributed by atoms with Crippen molar-refractivity contribution >= 4 is 23.5 Å². The minimum atomic E-state index is -0.463. The molecule has 156 valence electrons. The molecule has 2 aromatic rings. The molecule has 2 amide bonds. The van der Waals surface area contributed by atoms with Gasteiger partial charge in [0.1, 0.15) is 5.69 Å². The fourth-order valence-corrected chi connectivity index (χ4v) is 3.06. The largest absolute Gasteiger partial charge is 0.465 e. The third-order valence-corrected chi connectivity index (χ3v) is 4.30. The molecule has 7 heteroatoms. The molecule has 1 heterocycles. The van der Waals surface area contributed by atoms with Crippen LogP contribution in [0, 0.1) is 6.92 Å². The summed E-state index contributed by atoms with van der Waals surface area (Å²) in [7, 11) is 1.32. The first-order valence-electron chi connectivity index (χ1n) is 9.61. The lowest BCUT2D eigenvalue weighted by Gasteiger charge is -2.20. The molecule has 2 rings (SSSR count). The Hall–Kier alpha value is -3.09. The molecule has 1 aromatic heterocycles. The van der Waals surface area contributed by atoms with Gasteiger partial charge in [-0.2, -0.15) is 0 Å². The van der Waals surface area contributed by atoms with E-state index in [0.717, 1.165) is 6.42 Å². The third-order valence-electron chi connectivity index (χ3n) is 4.30. The molecular weight excluding hydrogens is 370 g/mol. The molecule has 0 saturated carbocycles. The van der Waals surface area contributed by atoms with E-state index in [9.17, 15) is 14.4 Å². The highest BCUT2D eigenvalue weighted by Gasteiger charge is 2.25. The Bertz CT molecular complexity index is 905. The molecular formula is C22H29N3O4. The number of H-pyrrole nitrogens is 1. The third kappa shape index (κ3) is 5.47. The van der Waals surface area contributed by atoms with Crippen LogP contribution in [0.5, 0.6) is 0 Å². The summed E-state index contributed by atoms with van der Waals surface area (Å²) in [5.41, 5.74) is 2.73. The van der Waals surface area contributed by atoms with Gasteiger partial charge < -0.3 is 20.4 Å². The Morgan fingerprint density at radius 2 is 1.69 bits per heavy atom. The number of ether oxygens (including phenoxy) is 1. The second-order valence-electron chi connectivity index (χ2n) is 7.96. The van der Waals surface area contributed by atoms with Crippen LogP contribution in [0.15, 0.2) is 24.3 Å². The Balaban J connectivity index is 2.22. The molecule has 0 spiro atoms. The van der Waals surface area contributed by atoms with Crippen LogP contribution in [0.1, 0.15) is 76.6 Å². The van der Waals surface area contributed by atoms with Crippen molar-refractivity contribution in [2.45, 2.75) is 53.0 Å². The maximum absolute atomic E-state index is 12.8. The number of aromatic amines is 1. The molecule has 0 saturated heterocycles. The van der Waals surface area contributed by atoms with Crippen LogP contribution < -0.4 is 10.6 Å². The molecule has 0 bridgehead atoms. The number of carbonyl (C=O) groups excluding carboxylic acids is 3. The monoisotopic (exact) mass is 399 g/mol. The SMILES string of the molecule is CCCc1c(C(=O)Nc2ccc(C(=O)NC(C)(C)C)cc2)[nH]c(C)c1C(=O)OC. The lowest BCUT2D eigenvalue weighted by molar-refractivity contribution is 0.0598. The number of methoxy groups -OCH3 is 1. The number of esters is 1. The maximum atomic E-state index is 12.8. The van der Waals surface area contributed by atoms with E-state index in [1.807, 2.05) is 27.7 Å². The Morgan fingerprint density at radius 1 is 1.07 bits per heavy atom. The fourth-order valence-electron chi connectivity index (χ4n) is 3.06. The molecule has 0 aliphatic heterocycles. The zero-order valence-corrected chi connectivity index (χ0v) is 17.9. The minimum Gasteiger partial charge on any atom is -0.465 e. The van der Waals surface area contributed by atoms with Crippen molar-refractivity contribution in [1.29, 1.82) is 0 Å². The number of aromatic nitrogens is 1. The average Bonchev–Trinajstić information content (AvgIpc) is 2.97. The lowest BCUT2D eigenvalue weighted by Crippen LogP contribution is -2.40. The molecule has 1 aromatic carbocycles. The van der Waals surface area contributed by atoms with E-state index in [2.05, 4.69) is 15.6 Å². The smallest absolute Gasteiger partial charge is 0.339 e. The summed E-state index contributed by atoms with van der Waals surface area (Å²) in [6.45, 7) is 9.45. The van der Waals surface area contributed by atoms with Gasteiger partial charge in [-0.25, -0.2) is 4.79 Å². The molecule has 0 unspecified atom stereocenters. The molecule has 0 fully saturated rings. The Labute approximate surface area is 171 Å². The van der Waals surface area contributed by atoms with Crippen molar-refractivity contribution in [2.24, 2.45) is 0 Å². The Morgan fingerprint density at radius 3 is 2.21 bits per heavy atom. The summed E-state index contributed by atoms with van der Waals surface area (Å²) in [4.78, 5) is 40.2. The zero-order chi connectivity index (χ0) is 21.8. The van der Waals surface area contributed by atoms with E-state index in [1.165, 1.54) is 7.11 Å². The molecule has 0 atom stereocenters. The molecule has 0 radical (unpaired) electrons. The lowest BCUT2D eigenvalue weighted by atomic mass is 10.0. The number of hydrogen-bond donors (Lipinski definition) is 3. The molecule has 29 heavy (non-hydrogen) atoms. The van der Waals surface area contributed by atoms with Gasteiger partial charge in [0.05, 0.1) is 12.7 Å². The number of anilines is 1. The van der Waals surface area contributed by atoms with Crippen LogP contribution >= 0.6 is 0 Å². The van der Waals surface area contributed by atoms with Crippen LogP contribution in [0.25, 0.3) is 0 Å². The van der Waals surface area contributed by atoms with Crippen LogP contribution in [-0.4, -0.2) is 35.4 Å². The molecule has 3 N–H and O–H groups in total. The van der Waals surface area contributed by atoms with Crippen molar-refractivity contribution in [3.05, 3.63) is 52.3 Å². The van der Waals surface area contributed by atoms with Gasteiger partial charge in [-0.3, -0.25) is 9.59 Å². The number of hydrogen-bond acceptors (Lipinski definition) is 4. The summed E-state index contributed by atoms with van der Waals surface area (Å²) in [5.74, 6) is -0.989. The first kappa shape index (κ1) is 22.2. The van der Waals surface area contributed by atoms with Gasteiger partial charge >= 0.3 is 5.97 Å². The van der Waals surface area contributed by atoms with Gasteiger partial charge in [-0.1, -0.05) is 13.3 Å². The van der Waals surface area contributed by atoms with E-state index in [4.69, 9.17) is 4.74 Å². The summed E-state index contributed by atoms with van der Waals surface area (Å²) >= 11 is 0. The van der Waals surface area contributed by atoms with Gasteiger partial charge in [0.2, 0.25) is 0 Å². The number of aryl methyl sites for hydroxylation is 1. The normalized spacial score (nSPS) is 11.1. The maximum Gasteiger partial charge on any atom is 0.339 e. The topological polar surface area (TPSA) is 100 Å². The van der Waals surface area contributed by atoms with Crippen LogP contribution in [-0.2, 0) is 11.2 Å². The van der Waals surface area contributed by atoms with Crippen molar-refractivity contribution in [1.82, 2.24) is 10.3 Å². The van der Waals surface area contributed by atoms with Crippen LogP contribution in [0.4, 0.5) is 5.69 Å². The second-order valence-corrected chi connectivity index (χ2v) is 7.96. The van der Waals surface area contributed by atoms with E-state index < -0.39 is 5.97 Å². The van der Waals surface area contributed by atoms with Gasteiger partial charge in [0.25, 0.3) is 11.8 Å². The predicted octanol–water partition coefficient (Wildman–Crippen LogP) is 3.84. The predicted molar refractivity (Wildman–Crippen MR) is 112 cm³/mol. The zero-order valence-electron chi connectivity index (χ0n) is 17.9. The standard InChI is InChI=1S/C22H29N3O4/c1-7-8-16-17(21(28)29-6)13(2)23-18(16)20(27)24-15-11-9-14(10-12-15)19(26)25-22(3,4)5/h9-12,23H,7-8H2,1-6H3,(H,24,27)(H,25,26). The van der Waals surface area contributed by atoms with Gasteiger partial charge in [0, 0.05) is 22.5 Å². The number of benzene rings is 1. The van der Waals surface area contributed by atoms with E-state index in [1.54, 1.807) is 31.2 Å². The van der Waals surface area contributed by atoms with Gasteiger partial charge in [0.15, 0.2) is 0 Å². The summed E-state index contributed by atoms with van der Waals surface area (Å²) in [6, 6.07) is 6.66. The summed E-state index contributed by atoms with van der Waals surface area (Å²) < 4.78 is 4.86. The number of carbonyl (C=O) groups is 3. The van der Waals surface area contributed by atoms with Crippen molar-refractivity contribution in [3.63, 3.8) is 0 Å². The number of rotatable bonds is 6. The van der Waals surface area contributed by atoms with Crippen LogP contribution in [0.2, 0.25) is 0 Å². The van der Waals surface area contributed by atoms with Crippen molar-refractivity contribution in [2.75, 3.05) is 12.4 Å². The van der Waals surface area contributed by atoms with Crippen LogP contribution in [0.3, 0.4) is 0 Å². The quantitative estimate of drug-likeness (QED) is 0.643. The van der Waals surface area contributed by atoms with E-state index in [-0.39, 0.29) is 17.4 Å². The highest BCUT2D eigenvalue weighted by atomic mass is 16.5. The fraction of sp³-hybridized carbons (Fsp3) is 0.409. The second kappa shape index (κ2) is 8.94. The number of nitrogens with one attached hydrogen (secondary N) is 3. The average molecular weight is 399 g/mol. The van der Waals surface area contributed by atoms with E-state index in [0.29, 0.717) is 40.2 Å². The minimum absolute atomic E-state index is 0.177. The van der Waals surface area contributed by atoms with Gasteiger partial charge in [-0.05, 0) is 63.9 Å². The molecule has 0 aliphatic rings. The van der Waals surface area contributed by atoms with Crippen molar-refractivity contribution in [3.8, 4) is 0 Å². The summed E-state index contributed by atoms with van der Waals surface area (Å²) in [5, 5.41) is 5.71. The summed E-state index contributed by atoms with van der Waals surface area (Å²) in [6.07, 6.45) is 1.35. The van der Waals surface area contributed by atoms with Gasteiger partial charge in [-0.15, -0.1) is 0 Å². The highest BCUT2D eigenvalue weighted by molar-refractivity contribution is 6.07. The van der Waals surface area contributed by atoms with E-state index >= 15 is 0 Å². The number of amides is 2. The first-order valence-corrected chi connectivity index (χ1v) is 9.61.